The Morgan fingerprint density at radius 2 is 1.94 bits per heavy atom. The van der Waals surface area contributed by atoms with Crippen LogP contribution in [0, 0.1) is 0 Å². The Labute approximate surface area is 113 Å². The summed E-state index contributed by atoms with van der Waals surface area (Å²) < 4.78 is 0. The molecule has 0 bridgehead atoms. The van der Waals surface area contributed by atoms with Crippen LogP contribution in [0.2, 0.25) is 0 Å². The van der Waals surface area contributed by atoms with Crippen LogP contribution in [0.1, 0.15) is 19.3 Å². The predicted molar refractivity (Wildman–Crippen MR) is 74.7 cm³/mol. The summed E-state index contributed by atoms with van der Waals surface area (Å²) in [5.41, 5.74) is 0. The van der Waals surface area contributed by atoms with E-state index in [0.29, 0.717) is 19.6 Å². The van der Waals surface area contributed by atoms with Gasteiger partial charge in [0, 0.05) is 32.7 Å². The van der Waals surface area contributed by atoms with E-state index in [4.69, 9.17) is 0 Å². The maximum absolute atomic E-state index is 11.7. The summed E-state index contributed by atoms with van der Waals surface area (Å²) in [5.74, 6) is 0.315. The second-order valence-corrected chi connectivity index (χ2v) is 5.34. The van der Waals surface area contributed by atoms with Crippen molar-refractivity contribution in [3.63, 3.8) is 0 Å². The van der Waals surface area contributed by atoms with Gasteiger partial charge in [-0.3, -0.25) is 9.59 Å². The van der Waals surface area contributed by atoms with Gasteiger partial charge in [0.1, 0.15) is 0 Å². The van der Waals surface area contributed by atoms with Gasteiger partial charge in [0.15, 0.2) is 0 Å². The van der Waals surface area contributed by atoms with Crippen LogP contribution in [0.4, 0.5) is 0 Å². The van der Waals surface area contributed by atoms with Crippen LogP contribution in [0.15, 0.2) is 0 Å². The lowest BCUT2D eigenvalue weighted by Crippen LogP contribution is -2.51. The highest BCUT2D eigenvalue weighted by Crippen LogP contribution is 2.01. The van der Waals surface area contributed by atoms with Crippen LogP contribution in [0.5, 0.6) is 0 Å². The first-order valence-electron chi connectivity index (χ1n) is 6.52. The van der Waals surface area contributed by atoms with E-state index in [1.165, 1.54) is 6.42 Å². The minimum absolute atomic E-state index is 0.388. The van der Waals surface area contributed by atoms with Gasteiger partial charge in [-0.15, -0.1) is 0 Å². The molecule has 1 heterocycles. The molecule has 5 nitrogen and oxygen atoms in total. The molecule has 0 spiro atoms. The predicted octanol–water partition coefficient (Wildman–Crippen LogP) is 0.0677. The lowest BCUT2D eigenvalue weighted by Gasteiger charge is -2.26. The number of unbranched alkanes of at least 4 members (excludes halogenated alkanes) is 2. The normalized spacial score (nSPS) is 15.5. The number of carbonyl (C=O) groups is 2. The van der Waals surface area contributed by atoms with Crippen molar-refractivity contribution in [3.05, 3.63) is 0 Å². The molecule has 0 unspecified atom stereocenters. The van der Waals surface area contributed by atoms with E-state index in [1.54, 1.807) is 4.90 Å². The number of piperazine rings is 1. The molecule has 104 valence electrons. The van der Waals surface area contributed by atoms with Crippen LogP contribution in [0.3, 0.4) is 0 Å². The van der Waals surface area contributed by atoms with Crippen molar-refractivity contribution >= 4 is 23.6 Å². The molecule has 0 radical (unpaired) electrons. The van der Waals surface area contributed by atoms with E-state index in [-0.39, 0.29) is 5.91 Å². The minimum Gasteiger partial charge on any atom is -0.348 e. The van der Waals surface area contributed by atoms with Gasteiger partial charge in [-0.1, -0.05) is 6.42 Å². The van der Waals surface area contributed by atoms with E-state index in [1.807, 2.05) is 11.8 Å². The van der Waals surface area contributed by atoms with Gasteiger partial charge in [-0.2, -0.15) is 11.8 Å². The van der Waals surface area contributed by atoms with Crippen molar-refractivity contribution in [1.82, 2.24) is 15.5 Å². The maximum atomic E-state index is 11.7. The van der Waals surface area contributed by atoms with E-state index in [2.05, 4.69) is 16.9 Å². The molecule has 6 heteroatoms. The van der Waals surface area contributed by atoms with Crippen molar-refractivity contribution in [2.75, 3.05) is 44.7 Å². The maximum Gasteiger partial charge on any atom is 0.311 e. The standard InChI is InChI=1S/C12H23N3O2S/c1-18-10-4-2-3-5-14-11(16)12(17)15-8-6-13-7-9-15/h13H,2-10H2,1H3,(H,14,16). The Kier molecular flexibility index (Phi) is 7.84. The van der Waals surface area contributed by atoms with Crippen LogP contribution in [-0.4, -0.2) is 61.4 Å². The zero-order chi connectivity index (χ0) is 13.2. The zero-order valence-electron chi connectivity index (χ0n) is 11.0. The van der Waals surface area contributed by atoms with Crippen molar-refractivity contribution in [1.29, 1.82) is 0 Å². The molecule has 1 aliphatic rings. The quantitative estimate of drug-likeness (QED) is 0.531. The van der Waals surface area contributed by atoms with E-state index in [9.17, 15) is 9.59 Å². The highest BCUT2D eigenvalue weighted by atomic mass is 32.2. The lowest BCUT2D eigenvalue weighted by atomic mass is 10.2. The van der Waals surface area contributed by atoms with Gasteiger partial charge in [0.25, 0.3) is 0 Å². The summed E-state index contributed by atoms with van der Waals surface area (Å²) in [4.78, 5) is 25.0. The fourth-order valence-corrected chi connectivity index (χ4v) is 2.33. The molecule has 1 saturated heterocycles. The molecule has 18 heavy (non-hydrogen) atoms. The summed E-state index contributed by atoms with van der Waals surface area (Å²) >= 11 is 1.84. The molecule has 0 saturated carbocycles. The number of thioether (sulfide) groups is 1. The van der Waals surface area contributed by atoms with Gasteiger partial charge in [-0.05, 0) is 24.9 Å². The third-order valence-corrected chi connectivity index (χ3v) is 3.61. The molecule has 0 aromatic heterocycles. The molecular weight excluding hydrogens is 250 g/mol. The molecule has 2 N–H and O–H groups in total. The third-order valence-electron chi connectivity index (χ3n) is 2.91. The summed E-state index contributed by atoms with van der Waals surface area (Å²) in [6.07, 6.45) is 5.31. The molecule has 0 aromatic rings. The Hall–Kier alpha value is -0.750. The Morgan fingerprint density at radius 1 is 1.22 bits per heavy atom. The number of nitrogens with one attached hydrogen (secondary N) is 2. The first kappa shape index (κ1) is 15.3. The van der Waals surface area contributed by atoms with Crippen molar-refractivity contribution < 1.29 is 9.59 Å². The van der Waals surface area contributed by atoms with Crippen LogP contribution in [-0.2, 0) is 9.59 Å². The molecule has 0 aliphatic carbocycles. The van der Waals surface area contributed by atoms with Crippen LogP contribution in [0.25, 0.3) is 0 Å². The monoisotopic (exact) mass is 273 g/mol. The molecule has 2 amide bonds. The topological polar surface area (TPSA) is 61.4 Å². The number of amides is 2. The highest BCUT2D eigenvalue weighted by molar-refractivity contribution is 7.98. The average Bonchev–Trinajstić information content (AvgIpc) is 2.42. The number of hydrogen-bond acceptors (Lipinski definition) is 4. The SMILES string of the molecule is CSCCCCCNC(=O)C(=O)N1CCNCC1. The molecule has 1 rings (SSSR count). The van der Waals surface area contributed by atoms with E-state index < -0.39 is 5.91 Å². The van der Waals surface area contributed by atoms with Crippen LogP contribution < -0.4 is 10.6 Å². The number of hydrogen-bond donors (Lipinski definition) is 2. The fraction of sp³-hybridized carbons (Fsp3) is 0.833. The summed E-state index contributed by atoms with van der Waals surface area (Å²) in [7, 11) is 0. The summed E-state index contributed by atoms with van der Waals surface area (Å²) in [6, 6.07) is 0. The Bertz CT molecular complexity index is 268. The van der Waals surface area contributed by atoms with E-state index >= 15 is 0 Å². The first-order chi connectivity index (χ1) is 8.75. The zero-order valence-corrected chi connectivity index (χ0v) is 11.9. The average molecular weight is 273 g/mol. The minimum atomic E-state index is -0.457. The van der Waals surface area contributed by atoms with Crippen molar-refractivity contribution in [2.45, 2.75) is 19.3 Å². The summed E-state index contributed by atoms with van der Waals surface area (Å²) in [6.45, 7) is 3.40. The molecule has 0 atom stereocenters. The van der Waals surface area contributed by atoms with Crippen molar-refractivity contribution in [3.8, 4) is 0 Å². The number of rotatable bonds is 6. The van der Waals surface area contributed by atoms with Gasteiger partial charge in [0.05, 0.1) is 0 Å². The first-order valence-corrected chi connectivity index (χ1v) is 7.92. The second-order valence-electron chi connectivity index (χ2n) is 4.35. The lowest BCUT2D eigenvalue weighted by molar-refractivity contribution is -0.146. The van der Waals surface area contributed by atoms with Gasteiger partial charge < -0.3 is 15.5 Å². The third kappa shape index (κ3) is 5.73. The van der Waals surface area contributed by atoms with Gasteiger partial charge in [-0.25, -0.2) is 0 Å². The molecule has 1 aliphatic heterocycles. The molecule has 1 fully saturated rings. The second kappa shape index (κ2) is 9.22. The van der Waals surface area contributed by atoms with Crippen LogP contribution >= 0.6 is 11.8 Å². The Morgan fingerprint density at radius 3 is 2.61 bits per heavy atom. The number of nitrogens with zero attached hydrogens (tertiary/aromatic N) is 1. The molecule has 0 aromatic carbocycles. The van der Waals surface area contributed by atoms with Gasteiger partial charge in [0.2, 0.25) is 0 Å². The molecular formula is C12H23N3O2S. The fourth-order valence-electron chi connectivity index (χ4n) is 1.84. The van der Waals surface area contributed by atoms with E-state index in [0.717, 1.165) is 31.7 Å². The summed E-state index contributed by atoms with van der Waals surface area (Å²) in [5, 5.41) is 5.85. The highest BCUT2D eigenvalue weighted by Gasteiger charge is 2.22. The largest absolute Gasteiger partial charge is 0.348 e. The number of carbonyl (C=O) groups excluding carboxylic acids is 2. The van der Waals surface area contributed by atoms with Gasteiger partial charge >= 0.3 is 11.8 Å². The smallest absolute Gasteiger partial charge is 0.311 e. The Balaban J connectivity index is 2.09. The van der Waals surface area contributed by atoms with Crippen molar-refractivity contribution in [2.24, 2.45) is 0 Å².